The van der Waals surface area contributed by atoms with E-state index >= 15 is 0 Å². The molecule has 0 aromatic rings. The molecule has 1 fully saturated rings. The van der Waals surface area contributed by atoms with Gasteiger partial charge in [0.15, 0.2) is 0 Å². The second-order valence-electron chi connectivity index (χ2n) is 9.55. The zero-order valence-corrected chi connectivity index (χ0v) is 20.1. The van der Waals surface area contributed by atoms with E-state index in [1.54, 1.807) is 0 Å². The maximum atomic E-state index is 12.6. The Kier molecular flexibility index (Phi) is 15.8. The predicted octanol–water partition coefficient (Wildman–Crippen LogP) is 7.24. The van der Waals surface area contributed by atoms with Crippen molar-refractivity contribution in [3.63, 3.8) is 0 Å². The summed E-state index contributed by atoms with van der Waals surface area (Å²) in [6.45, 7) is 7.70. The molecule has 4 nitrogen and oxygen atoms in total. The van der Waals surface area contributed by atoms with Crippen LogP contribution in [-0.4, -0.2) is 25.2 Å². The third-order valence-corrected chi connectivity index (χ3v) is 6.28. The first-order valence-electron chi connectivity index (χ1n) is 12.9. The van der Waals surface area contributed by atoms with Crippen LogP contribution in [0.2, 0.25) is 0 Å². The molecule has 0 N–H and O–H groups in total. The Morgan fingerprint density at radius 2 is 1.13 bits per heavy atom. The van der Waals surface area contributed by atoms with Gasteiger partial charge in [0.2, 0.25) is 0 Å². The quantitative estimate of drug-likeness (QED) is 0.182. The first-order chi connectivity index (χ1) is 14.6. The molecule has 0 saturated heterocycles. The summed E-state index contributed by atoms with van der Waals surface area (Å²) in [6, 6.07) is 0. The SMILES string of the molecule is CCCCCCCCCOC(=O)C1CCCCC1C(=O)OCCCCCCC(C)C. The standard InChI is InChI=1S/C26H48O4/c1-4-5-6-7-8-10-15-20-29-25(27)23-18-13-14-19-24(23)26(28)30-21-16-11-9-12-17-22(2)3/h22-24H,4-21H2,1-3H3. The molecule has 0 heterocycles. The maximum Gasteiger partial charge on any atom is 0.309 e. The number of carbonyl (C=O) groups excluding carboxylic acids is 2. The molecule has 2 unspecified atom stereocenters. The van der Waals surface area contributed by atoms with Gasteiger partial charge in [-0.05, 0) is 31.6 Å². The van der Waals surface area contributed by atoms with E-state index < -0.39 is 0 Å². The van der Waals surface area contributed by atoms with Gasteiger partial charge in [0, 0.05) is 0 Å². The number of hydrogen-bond acceptors (Lipinski definition) is 4. The molecule has 0 amide bonds. The number of rotatable bonds is 17. The molecule has 1 aliphatic rings. The van der Waals surface area contributed by atoms with Crippen molar-refractivity contribution in [3.8, 4) is 0 Å². The van der Waals surface area contributed by atoms with Gasteiger partial charge in [0.25, 0.3) is 0 Å². The molecular formula is C26H48O4. The van der Waals surface area contributed by atoms with Crippen LogP contribution in [0.25, 0.3) is 0 Å². The van der Waals surface area contributed by atoms with E-state index in [4.69, 9.17) is 9.47 Å². The van der Waals surface area contributed by atoms with E-state index in [0.29, 0.717) is 13.2 Å². The second-order valence-corrected chi connectivity index (χ2v) is 9.55. The summed E-state index contributed by atoms with van der Waals surface area (Å²) in [6.07, 6.45) is 17.7. The lowest BCUT2D eigenvalue weighted by atomic mass is 9.79. The fourth-order valence-electron chi connectivity index (χ4n) is 4.32. The highest BCUT2D eigenvalue weighted by atomic mass is 16.5. The van der Waals surface area contributed by atoms with Crippen LogP contribution in [0.15, 0.2) is 0 Å². The molecule has 1 saturated carbocycles. The summed E-state index contributed by atoms with van der Waals surface area (Å²) in [4.78, 5) is 25.1. The van der Waals surface area contributed by atoms with E-state index in [2.05, 4.69) is 20.8 Å². The van der Waals surface area contributed by atoms with E-state index in [-0.39, 0.29) is 23.8 Å². The van der Waals surface area contributed by atoms with Gasteiger partial charge in [-0.1, -0.05) is 97.8 Å². The van der Waals surface area contributed by atoms with Gasteiger partial charge < -0.3 is 9.47 Å². The Morgan fingerprint density at radius 3 is 1.60 bits per heavy atom. The number of hydrogen-bond donors (Lipinski definition) is 0. The molecule has 0 aliphatic heterocycles. The Hall–Kier alpha value is -1.06. The molecule has 0 aromatic carbocycles. The zero-order chi connectivity index (χ0) is 22.0. The van der Waals surface area contributed by atoms with E-state index in [1.807, 2.05) is 0 Å². The molecule has 1 aliphatic carbocycles. The van der Waals surface area contributed by atoms with Crippen LogP contribution in [0.5, 0.6) is 0 Å². The first kappa shape index (κ1) is 27.0. The topological polar surface area (TPSA) is 52.6 Å². The second kappa shape index (κ2) is 17.6. The fourth-order valence-corrected chi connectivity index (χ4v) is 4.32. The van der Waals surface area contributed by atoms with Crippen molar-refractivity contribution in [1.29, 1.82) is 0 Å². The Balaban J connectivity index is 2.20. The molecule has 4 heteroatoms. The zero-order valence-electron chi connectivity index (χ0n) is 20.1. The van der Waals surface area contributed by atoms with E-state index in [0.717, 1.165) is 57.3 Å². The number of esters is 2. The minimum absolute atomic E-state index is 0.184. The van der Waals surface area contributed by atoms with Crippen LogP contribution in [0.3, 0.4) is 0 Å². The lowest BCUT2D eigenvalue weighted by molar-refractivity contribution is -0.163. The average molecular weight is 425 g/mol. The highest BCUT2D eigenvalue weighted by Crippen LogP contribution is 2.32. The lowest BCUT2D eigenvalue weighted by Gasteiger charge is -2.28. The van der Waals surface area contributed by atoms with Crippen molar-refractivity contribution in [1.82, 2.24) is 0 Å². The lowest BCUT2D eigenvalue weighted by Crippen LogP contribution is -2.35. The summed E-state index contributed by atoms with van der Waals surface area (Å²) < 4.78 is 11.1. The number of carbonyl (C=O) groups is 2. The van der Waals surface area contributed by atoms with Crippen LogP contribution in [0.1, 0.15) is 124 Å². The monoisotopic (exact) mass is 424 g/mol. The molecule has 0 radical (unpaired) electrons. The molecule has 1 rings (SSSR count). The fraction of sp³-hybridized carbons (Fsp3) is 0.923. The third-order valence-electron chi connectivity index (χ3n) is 6.28. The van der Waals surface area contributed by atoms with Crippen molar-refractivity contribution in [3.05, 3.63) is 0 Å². The van der Waals surface area contributed by atoms with E-state index in [9.17, 15) is 9.59 Å². The molecule has 0 bridgehead atoms. The summed E-state index contributed by atoms with van der Waals surface area (Å²) in [5.41, 5.74) is 0. The highest BCUT2D eigenvalue weighted by molar-refractivity contribution is 5.82. The summed E-state index contributed by atoms with van der Waals surface area (Å²) in [5.74, 6) is -0.217. The van der Waals surface area contributed by atoms with Crippen LogP contribution < -0.4 is 0 Å². The Morgan fingerprint density at radius 1 is 0.700 bits per heavy atom. The highest BCUT2D eigenvalue weighted by Gasteiger charge is 2.37. The average Bonchev–Trinajstić information content (AvgIpc) is 2.74. The third kappa shape index (κ3) is 12.6. The van der Waals surface area contributed by atoms with E-state index in [1.165, 1.54) is 51.4 Å². The van der Waals surface area contributed by atoms with Crippen LogP contribution in [0.4, 0.5) is 0 Å². The molecule has 30 heavy (non-hydrogen) atoms. The van der Waals surface area contributed by atoms with Gasteiger partial charge in [0.1, 0.15) is 0 Å². The molecule has 0 spiro atoms. The predicted molar refractivity (Wildman–Crippen MR) is 123 cm³/mol. The molecule has 2 atom stereocenters. The van der Waals surface area contributed by atoms with Gasteiger partial charge in [-0.3, -0.25) is 9.59 Å². The minimum atomic E-state index is -0.304. The normalized spacial score (nSPS) is 19.1. The Labute approximate surface area is 185 Å². The van der Waals surface area contributed by atoms with Gasteiger partial charge in [-0.25, -0.2) is 0 Å². The molecular weight excluding hydrogens is 376 g/mol. The summed E-state index contributed by atoms with van der Waals surface area (Å²) in [7, 11) is 0. The maximum absolute atomic E-state index is 12.6. The first-order valence-corrected chi connectivity index (χ1v) is 12.9. The molecule has 176 valence electrons. The van der Waals surface area contributed by atoms with Crippen molar-refractivity contribution in [2.75, 3.05) is 13.2 Å². The van der Waals surface area contributed by atoms with Crippen LogP contribution in [0, 0.1) is 17.8 Å². The van der Waals surface area contributed by atoms with Gasteiger partial charge in [-0.2, -0.15) is 0 Å². The van der Waals surface area contributed by atoms with Crippen molar-refractivity contribution < 1.29 is 19.1 Å². The summed E-state index contributed by atoms with van der Waals surface area (Å²) >= 11 is 0. The van der Waals surface area contributed by atoms with Crippen molar-refractivity contribution in [2.24, 2.45) is 17.8 Å². The van der Waals surface area contributed by atoms with Crippen molar-refractivity contribution >= 4 is 11.9 Å². The smallest absolute Gasteiger partial charge is 0.309 e. The Bertz CT molecular complexity index is 446. The molecule has 0 aromatic heterocycles. The summed E-state index contributed by atoms with van der Waals surface area (Å²) in [5, 5.41) is 0. The van der Waals surface area contributed by atoms with Gasteiger partial charge in [0.05, 0.1) is 25.0 Å². The van der Waals surface area contributed by atoms with Crippen LogP contribution in [-0.2, 0) is 19.1 Å². The minimum Gasteiger partial charge on any atom is -0.465 e. The van der Waals surface area contributed by atoms with Gasteiger partial charge >= 0.3 is 11.9 Å². The largest absolute Gasteiger partial charge is 0.465 e. The van der Waals surface area contributed by atoms with Gasteiger partial charge in [-0.15, -0.1) is 0 Å². The number of ether oxygens (including phenoxy) is 2. The number of unbranched alkanes of at least 4 members (excludes halogenated alkanes) is 9. The van der Waals surface area contributed by atoms with Crippen LogP contribution >= 0.6 is 0 Å². The van der Waals surface area contributed by atoms with Crippen molar-refractivity contribution in [2.45, 2.75) is 124 Å².